The van der Waals surface area contributed by atoms with Gasteiger partial charge in [-0.2, -0.15) is 5.10 Å². The van der Waals surface area contributed by atoms with Gasteiger partial charge in [-0.25, -0.2) is 0 Å². The van der Waals surface area contributed by atoms with Crippen LogP contribution < -0.4 is 5.43 Å². The molecule has 1 aromatic carbocycles. The highest BCUT2D eigenvalue weighted by atomic mass is 16.6. The molecule has 1 aromatic rings. The highest BCUT2D eigenvalue weighted by molar-refractivity contribution is 5.78. The Morgan fingerprint density at radius 3 is 2.60 bits per heavy atom. The molecule has 8 heteroatoms. The number of nitrogens with one attached hydrogen (secondary N) is 1. The van der Waals surface area contributed by atoms with E-state index in [9.17, 15) is 20.2 Å². The van der Waals surface area contributed by atoms with Crippen molar-refractivity contribution in [3.05, 3.63) is 50.1 Å². The van der Waals surface area contributed by atoms with Crippen LogP contribution in [0.4, 0.5) is 17.1 Å². The van der Waals surface area contributed by atoms with Crippen LogP contribution in [-0.4, -0.2) is 16.1 Å². The van der Waals surface area contributed by atoms with E-state index >= 15 is 0 Å². The fraction of sp³-hybridized carbons (Fsp3) is 0.250. The second-order valence-corrected chi connectivity index (χ2v) is 3.94. The molecule has 106 valence electrons. The summed E-state index contributed by atoms with van der Waals surface area (Å²) in [5.41, 5.74) is 2.79. The van der Waals surface area contributed by atoms with Crippen molar-refractivity contribution in [1.29, 1.82) is 0 Å². The number of nitro groups is 2. The average molecular weight is 278 g/mol. The molecular weight excluding hydrogens is 264 g/mol. The minimum absolute atomic E-state index is 0.0983. The third kappa shape index (κ3) is 4.16. The molecule has 0 amide bonds. The van der Waals surface area contributed by atoms with Crippen LogP contribution in [0.15, 0.2) is 34.9 Å². The van der Waals surface area contributed by atoms with Gasteiger partial charge in [0, 0.05) is 12.3 Å². The lowest BCUT2D eigenvalue weighted by Gasteiger charge is -2.01. The van der Waals surface area contributed by atoms with E-state index in [0.29, 0.717) is 0 Å². The molecule has 8 nitrogen and oxygen atoms in total. The van der Waals surface area contributed by atoms with E-state index in [1.807, 2.05) is 19.9 Å². The summed E-state index contributed by atoms with van der Waals surface area (Å²) in [7, 11) is 0. The number of hydrogen-bond donors (Lipinski definition) is 1. The molecule has 0 aliphatic rings. The van der Waals surface area contributed by atoms with Crippen molar-refractivity contribution >= 4 is 23.3 Å². The summed E-state index contributed by atoms with van der Waals surface area (Å²) in [6, 6.07) is 3.33. The van der Waals surface area contributed by atoms with E-state index in [-0.39, 0.29) is 11.4 Å². The Labute approximate surface area is 115 Å². The van der Waals surface area contributed by atoms with Crippen LogP contribution in [0.3, 0.4) is 0 Å². The van der Waals surface area contributed by atoms with Crippen LogP contribution in [0.25, 0.3) is 0 Å². The van der Waals surface area contributed by atoms with Gasteiger partial charge in [0.05, 0.1) is 15.9 Å². The molecule has 0 spiro atoms. The molecule has 0 heterocycles. The Bertz CT molecular complexity index is 581. The summed E-state index contributed by atoms with van der Waals surface area (Å²) in [6.07, 6.45) is 4.32. The van der Waals surface area contributed by atoms with Gasteiger partial charge in [-0.3, -0.25) is 25.7 Å². The predicted molar refractivity (Wildman–Crippen MR) is 75.9 cm³/mol. The van der Waals surface area contributed by atoms with E-state index in [1.165, 1.54) is 18.3 Å². The summed E-state index contributed by atoms with van der Waals surface area (Å²) >= 11 is 0. The van der Waals surface area contributed by atoms with Crippen LogP contribution in [0, 0.1) is 20.2 Å². The smallest absolute Gasteiger partial charge is 0.272 e. The van der Waals surface area contributed by atoms with Gasteiger partial charge in [-0.15, -0.1) is 0 Å². The molecule has 0 unspecified atom stereocenters. The lowest BCUT2D eigenvalue weighted by Crippen LogP contribution is -1.98. The maximum absolute atomic E-state index is 10.9. The second kappa shape index (κ2) is 6.98. The molecule has 20 heavy (non-hydrogen) atoms. The van der Waals surface area contributed by atoms with Gasteiger partial charge in [0.15, 0.2) is 0 Å². The van der Waals surface area contributed by atoms with Gasteiger partial charge in [-0.05, 0) is 25.0 Å². The Hall–Kier alpha value is -2.77. The molecule has 0 radical (unpaired) electrons. The number of anilines is 1. The van der Waals surface area contributed by atoms with Crippen LogP contribution in [-0.2, 0) is 0 Å². The Kier molecular flexibility index (Phi) is 5.33. The largest absolute Gasteiger partial charge is 0.301 e. The average Bonchev–Trinajstić information content (AvgIpc) is 2.38. The van der Waals surface area contributed by atoms with Crippen molar-refractivity contribution in [3.8, 4) is 0 Å². The quantitative estimate of drug-likeness (QED) is 0.487. The lowest BCUT2D eigenvalue weighted by atomic mass is 10.2. The van der Waals surface area contributed by atoms with Crippen LogP contribution in [0.1, 0.15) is 20.3 Å². The molecule has 0 fully saturated rings. The van der Waals surface area contributed by atoms with Gasteiger partial charge < -0.3 is 0 Å². The van der Waals surface area contributed by atoms with E-state index in [2.05, 4.69) is 10.5 Å². The van der Waals surface area contributed by atoms with Crippen molar-refractivity contribution in [2.24, 2.45) is 5.10 Å². The highest BCUT2D eigenvalue weighted by Crippen LogP contribution is 2.28. The second-order valence-electron chi connectivity index (χ2n) is 3.94. The Morgan fingerprint density at radius 1 is 1.35 bits per heavy atom. The van der Waals surface area contributed by atoms with Gasteiger partial charge in [0.25, 0.3) is 5.69 Å². The monoisotopic (exact) mass is 278 g/mol. The first-order chi connectivity index (χ1) is 9.45. The Balaban J connectivity index is 2.98. The zero-order valence-corrected chi connectivity index (χ0v) is 11.1. The third-order valence-corrected chi connectivity index (χ3v) is 2.37. The number of allylic oxidation sites excluding steroid dienone is 2. The van der Waals surface area contributed by atoms with Crippen molar-refractivity contribution in [1.82, 2.24) is 0 Å². The third-order valence-electron chi connectivity index (χ3n) is 2.37. The topological polar surface area (TPSA) is 111 Å². The summed E-state index contributed by atoms with van der Waals surface area (Å²) in [6.45, 7) is 3.82. The first-order valence-electron chi connectivity index (χ1n) is 5.84. The van der Waals surface area contributed by atoms with E-state index < -0.39 is 15.5 Å². The van der Waals surface area contributed by atoms with Crippen LogP contribution in [0.2, 0.25) is 0 Å². The Morgan fingerprint density at radius 2 is 2.05 bits per heavy atom. The van der Waals surface area contributed by atoms with Crippen LogP contribution >= 0.6 is 0 Å². The molecule has 1 rings (SSSR count). The molecule has 0 aromatic heterocycles. The van der Waals surface area contributed by atoms with Crippen molar-refractivity contribution in [2.45, 2.75) is 20.3 Å². The SMILES string of the molecule is CC/C=C(C)/C=N/Nc1ccc([N+](=O)[O-])cc1[N+](=O)[O-]. The first kappa shape index (κ1) is 15.3. The van der Waals surface area contributed by atoms with Gasteiger partial charge in [0.1, 0.15) is 5.69 Å². The first-order valence-corrected chi connectivity index (χ1v) is 5.84. The minimum Gasteiger partial charge on any atom is -0.272 e. The zero-order valence-electron chi connectivity index (χ0n) is 11.1. The van der Waals surface area contributed by atoms with Crippen molar-refractivity contribution in [3.63, 3.8) is 0 Å². The number of rotatable bonds is 6. The zero-order chi connectivity index (χ0) is 15.1. The number of hydrogen-bond acceptors (Lipinski definition) is 6. The molecular formula is C12H14N4O4. The van der Waals surface area contributed by atoms with E-state index in [0.717, 1.165) is 18.1 Å². The number of hydrazone groups is 1. The number of non-ortho nitro benzene ring substituents is 1. The predicted octanol–water partition coefficient (Wildman–Crippen LogP) is 3.26. The summed E-state index contributed by atoms with van der Waals surface area (Å²) in [5.74, 6) is 0. The molecule has 0 atom stereocenters. The molecule has 0 aliphatic carbocycles. The number of nitrogens with zero attached hydrogens (tertiary/aromatic N) is 3. The van der Waals surface area contributed by atoms with Crippen LogP contribution in [0.5, 0.6) is 0 Å². The molecule has 1 N–H and O–H groups in total. The number of benzene rings is 1. The molecule has 0 saturated heterocycles. The van der Waals surface area contributed by atoms with Crippen molar-refractivity contribution < 1.29 is 9.85 Å². The van der Waals surface area contributed by atoms with Gasteiger partial charge in [0.2, 0.25) is 0 Å². The maximum atomic E-state index is 10.9. The fourth-order valence-electron chi connectivity index (χ4n) is 1.46. The summed E-state index contributed by atoms with van der Waals surface area (Å²) < 4.78 is 0. The normalized spacial score (nSPS) is 11.6. The molecule has 0 aliphatic heterocycles. The number of nitro benzene ring substituents is 2. The summed E-state index contributed by atoms with van der Waals surface area (Å²) in [4.78, 5) is 20.1. The van der Waals surface area contributed by atoms with Crippen molar-refractivity contribution in [2.75, 3.05) is 5.43 Å². The highest BCUT2D eigenvalue weighted by Gasteiger charge is 2.18. The molecule has 0 saturated carbocycles. The standard InChI is InChI=1S/C12H14N4O4/c1-3-4-9(2)8-13-14-11-6-5-10(15(17)18)7-12(11)16(19)20/h4-8,14H,3H2,1-2H3/b9-4+,13-8+. The lowest BCUT2D eigenvalue weighted by molar-refractivity contribution is -0.393. The van der Waals surface area contributed by atoms with E-state index in [1.54, 1.807) is 0 Å². The minimum atomic E-state index is -0.695. The molecule has 0 bridgehead atoms. The fourth-order valence-corrected chi connectivity index (χ4v) is 1.46. The van der Waals surface area contributed by atoms with Gasteiger partial charge >= 0.3 is 5.69 Å². The van der Waals surface area contributed by atoms with E-state index in [4.69, 9.17) is 0 Å². The van der Waals surface area contributed by atoms with Gasteiger partial charge in [-0.1, -0.05) is 13.0 Å². The maximum Gasteiger partial charge on any atom is 0.301 e. The summed E-state index contributed by atoms with van der Waals surface area (Å²) in [5, 5.41) is 25.3.